The second kappa shape index (κ2) is 5.97. The molecule has 1 aromatic carbocycles. The van der Waals surface area contributed by atoms with Crippen molar-refractivity contribution in [3.8, 4) is 0 Å². The van der Waals surface area contributed by atoms with Crippen molar-refractivity contribution >= 4 is 21.6 Å². The summed E-state index contributed by atoms with van der Waals surface area (Å²) in [5.74, 6) is -0.436. The van der Waals surface area contributed by atoms with Gasteiger partial charge in [0.25, 0.3) is 0 Å². The van der Waals surface area contributed by atoms with Gasteiger partial charge < -0.3 is 5.32 Å². The largest absolute Gasteiger partial charge is 0.326 e. The van der Waals surface area contributed by atoms with Crippen LogP contribution in [0.1, 0.15) is 13.8 Å². The molecular formula is C12H17N2O3S. The van der Waals surface area contributed by atoms with E-state index in [2.05, 4.69) is 12.2 Å². The summed E-state index contributed by atoms with van der Waals surface area (Å²) < 4.78 is 25.7. The molecule has 0 saturated carbocycles. The number of hydrogen-bond acceptors (Lipinski definition) is 3. The zero-order valence-electron chi connectivity index (χ0n) is 10.5. The first-order valence-electron chi connectivity index (χ1n) is 5.65. The highest BCUT2D eigenvalue weighted by atomic mass is 32.2. The summed E-state index contributed by atoms with van der Waals surface area (Å²) in [6.07, 6.45) is 0. The highest BCUT2D eigenvalue weighted by Crippen LogP contribution is 2.18. The standard InChI is InChI=1S/C12H17N2O3S/c1-4-14(5-2)18(16,17)12-8-6-11(7-9-12)13-10(3)15/h6-9H,3-5H2,1-2H3,(H,13,15). The Morgan fingerprint density at radius 1 is 1.22 bits per heavy atom. The number of anilines is 1. The van der Waals surface area contributed by atoms with Crippen molar-refractivity contribution in [1.29, 1.82) is 0 Å². The van der Waals surface area contributed by atoms with Crippen molar-refractivity contribution in [2.45, 2.75) is 18.7 Å². The first-order valence-corrected chi connectivity index (χ1v) is 7.09. The van der Waals surface area contributed by atoms with Crippen molar-refractivity contribution in [1.82, 2.24) is 4.31 Å². The van der Waals surface area contributed by atoms with E-state index >= 15 is 0 Å². The Morgan fingerprint density at radius 2 is 1.72 bits per heavy atom. The first kappa shape index (κ1) is 14.7. The van der Waals surface area contributed by atoms with Crippen LogP contribution in [0.5, 0.6) is 0 Å². The van der Waals surface area contributed by atoms with Gasteiger partial charge in [-0.05, 0) is 24.3 Å². The van der Waals surface area contributed by atoms with Gasteiger partial charge in [0.2, 0.25) is 15.9 Å². The van der Waals surface area contributed by atoms with Crippen LogP contribution in [0.3, 0.4) is 0 Å². The van der Waals surface area contributed by atoms with Crippen molar-refractivity contribution in [2.24, 2.45) is 0 Å². The predicted octanol–water partition coefficient (Wildman–Crippen LogP) is 1.49. The zero-order chi connectivity index (χ0) is 13.8. The van der Waals surface area contributed by atoms with Crippen molar-refractivity contribution in [3.05, 3.63) is 31.2 Å². The van der Waals surface area contributed by atoms with Crippen LogP contribution in [-0.2, 0) is 14.8 Å². The average Bonchev–Trinajstić information content (AvgIpc) is 2.30. The molecule has 0 aliphatic carbocycles. The third-order valence-corrected chi connectivity index (χ3v) is 4.55. The predicted molar refractivity (Wildman–Crippen MR) is 70.5 cm³/mol. The molecule has 99 valence electrons. The fourth-order valence-corrected chi connectivity index (χ4v) is 3.04. The molecule has 0 unspecified atom stereocenters. The molecule has 0 atom stereocenters. The minimum Gasteiger partial charge on any atom is -0.326 e. The van der Waals surface area contributed by atoms with Gasteiger partial charge in [0, 0.05) is 25.7 Å². The topological polar surface area (TPSA) is 66.5 Å². The van der Waals surface area contributed by atoms with Crippen LogP contribution in [0.4, 0.5) is 5.69 Å². The number of sulfonamides is 1. The molecule has 0 saturated heterocycles. The van der Waals surface area contributed by atoms with E-state index in [1.807, 2.05) is 0 Å². The van der Waals surface area contributed by atoms with Crippen LogP contribution in [0, 0.1) is 6.92 Å². The number of carbonyl (C=O) groups is 1. The number of carbonyl (C=O) groups excluding carboxylic acids is 1. The number of nitrogens with zero attached hydrogens (tertiary/aromatic N) is 1. The molecule has 0 aliphatic heterocycles. The van der Waals surface area contributed by atoms with Gasteiger partial charge in [-0.3, -0.25) is 4.79 Å². The van der Waals surface area contributed by atoms with Gasteiger partial charge in [0.15, 0.2) is 0 Å². The SMILES string of the molecule is [CH2]C(=O)Nc1ccc(S(=O)(=O)N(CC)CC)cc1. The molecule has 6 heteroatoms. The molecule has 0 aliphatic rings. The molecule has 0 fully saturated rings. The van der Waals surface area contributed by atoms with Crippen LogP contribution in [0.2, 0.25) is 0 Å². The summed E-state index contributed by atoms with van der Waals surface area (Å²) in [5, 5.41) is 2.48. The van der Waals surface area contributed by atoms with E-state index in [9.17, 15) is 13.2 Å². The maximum Gasteiger partial charge on any atom is 0.243 e. The molecular weight excluding hydrogens is 252 g/mol. The molecule has 0 spiro atoms. The molecule has 5 nitrogen and oxygen atoms in total. The number of amides is 1. The molecule has 1 radical (unpaired) electrons. The fourth-order valence-electron chi connectivity index (χ4n) is 1.58. The van der Waals surface area contributed by atoms with Crippen LogP contribution in [0.25, 0.3) is 0 Å². The average molecular weight is 269 g/mol. The lowest BCUT2D eigenvalue weighted by Gasteiger charge is -2.18. The molecule has 1 amide bonds. The van der Waals surface area contributed by atoms with Gasteiger partial charge in [-0.25, -0.2) is 8.42 Å². The van der Waals surface area contributed by atoms with Gasteiger partial charge in [0.1, 0.15) is 0 Å². The second-order valence-electron chi connectivity index (χ2n) is 3.66. The van der Waals surface area contributed by atoms with Crippen molar-refractivity contribution < 1.29 is 13.2 Å². The molecule has 0 aromatic heterocycles. The summed E-state index contributed by atoms with van der Waals surface area (Å²) in [7, 11) is -3.44. The van der Waals surface area contributed by atoms with Gasteiger partial charge in [-0.1, -0.05) is 13.8 Å². The third-order valence-electron chi connectivity index (χ3n) is 2.48. The monoisotopic (exact) mass is 269 g/mol. The van der Waals surface area contributed by atoms with E-state index in [0.717, 1.165) is 0 Å². The molecule has 1 N–H and O–H groups in total. The molecule has 0 bridgehead atoms. The Balaban J connectivity index is 3.01. The van der Waals surface area contributed by atoms with Crippen LogP contribution in [0.15, 0.2) is 29.2 Å². The highest BCUT2D eigenvalue weighted by Gasteiger charge is 2.21. The highest BCUT2D eigenvalue weighted by molar-refractivity contribution is 7.89. The maximum absolute atomic E-state index is 12.2. The minimum atomic E-state index is -3.44. The third kappa shape index (κ3) is 3.30. The van der Waals surface area contributed by atoms with E-state index in [4.69, 9.17) is 0 Å². The molecule has 1 rings (SSSR count). The van der Waals surface area contributed by atoms with Gasteiger partial charge in [0.05, 0.1) is 4.90 Å². The Morgan fingerprint density at radius 3 is 2.11 bits per heavy atom. The van der Waals surface area contributed by atoms with Gasteiger partial charge >= 0.3 is 0 Å². The number of rotatable bonds is 5. The van der Waals surface area contributed by atoms with E-state index < -0.39 is 15.9 Å². The molecule has 1 aromatic rings. The lowest BCUT2D eigenvalue weighted by atomic mass is 10.3. The zero-order valence-corrected chi connectivity index (χ0v) is 11.3. The number of hydrogen-bond donors (Lipinski definition) is 1. The van der Waals surface area contributed by atoms with Gasteiger partial charge in [-0.15, -0.1) is 0 Å². The Labute approximate surface area is 108 Å². The van der Waals surface area contributed by atoms with E-state index in [1.165, 1.54) is 16.4 Å². The van der Waals surface area contributed by atoms with E-state index in [0.29, 0.717) is 18.8 Å². The fraction of sp³-hybridized carbons (Fsp3) is 0.333. The van der Waals surface area contributed by atoms with Crippen LogP contribution < -0.4 is 5.32 Å². The quantitative estimate of drug-likeness (QED) is 0.880. The molecule has 18 heavy (non-hydrogen) atoms. The van der Waals surface area contributed by atoms with Crippen molar-refractivity contribution in [3.63, 3.8) is 0 Å². The van der Waals surface area contributed by atoms with Crippen LogP contribution >= 0.6 is 0 Å². The Hall–Kier alpha value is -1.40. The lowest BCUT2D eigenvalue weighted by molar-refractivity contribution is -0.112. The first-order chi connectivity index (χ1) is 8.41. The van der Waals surface area contributed by atoms with Crippen molar-refractivity contribution in [2.75, 3.05) is 18.4 Å². The molecule has 0 heterocycles. The normalized spacial score (nSPS) is 11.6. The Kier molecular flexibility index (Phi) is 4.86. The maximum atomic E-state index is 12.2. The summed E-state index contributed by atoms with van der Waals surface area (Å²) in [4.78, 5) is 11.0. The van der Waals surface area contributed by atoms with E-state index in [1.54, 1.807) is 26.0 Å². The summed E-state index contributed by atoms with van der Waals surface area (Å²) in [6.45, 7) is 7.62. The minimum absolute atomic E-state index is 0.216. The van der Waals surface area contributed by atoms with Crippen LogP contribution in [-0.4, -0.2) is 31.7 Å². The van der Waals surface area contributed by atoms with E-state index in [-0.39, 0.29) is 4.90 Å². The Bertz CT molecular complexity index is 505. The summed E-state index contributed by atoms with van der Waals surface area (Å²) in [5.41, 5.74) is 0.522. The van der Waals surface area contributed by atoms with Gasteiger partial charge in [-0.2, -0.15) is 4.31 Å². The summed E-state index contributed by atoms with van der Waals surface area (Å²) in [6, 6.07) is 6.02. The number of nitrogens with one attached hydrogen (secondary N) is 1. The smallest absolute Gasteiger partial charge is 0.243 e. The summed E-state index contributed by atoms with van der Waals surface area (Å²) >= 11 is 0. The second-order valence-corrected chi connectivity index (χ2v) is 5.60. The number of benzene rings is 1. The lowest BCUT2D eigenvalue weighted by Crippen LogP contribution is -2.30.